The first-order valence-corrected chi connectivity index (χ1v) is 5.37. The van der Waals surface area contributed by atoms with Gasteiger partial charge in [0.05, 0.1) is 5.92 Å². The molecule has 3 heteroatoms. The second-order valence-electron chi connectivity index (χ2n) is 5.60. The molecule has 4 atom stereocenters. The molecule has 2 fully saturated rings. The number of hydrogen-bond acceptors (Lipinski definition) is 3. The molecule has 0 amide bonds. The highest BCUT2D eigenvalue weighted by Gasteiger charge is 2.56. The van der Waals surface area contributed by atoms with E-state index in [0.29, 0.717) is 11.8 Å². The van der Waals surface area contributed by atoms with Crippen LogP contribution in [-0.4, -0.2) is 17.6 Å². The van der Waals surface area contributed by atoms with Crippen molar-refractivity contribution in [3.8, 4) is 0 Å². The van der Waals surface area contributed by atoms with E-state index in [4.69, 9.17) is 10.5 Å². The van der Waals surface area contributed by atoms with Gasteiger partial charge in [0.15, 0.2) is 0 Å². The van der Waals surface area contributed by atoms with Gasteiger partial charge in [-0.15, -0.1) is 0 Å². The zero-order valence-electron chi connectivity index (χ0n) is 9.12. The van der Waals surface area contributed by atoms with Crippen molar-refractivity contribution in [1.82, 2.24) is 0 Å². The molecule has 3 nitrogen and oxygen atoms in total. The molecule has 14 heavy (non-hydrogen) atoms. The number of carbonyl (C=O) groups excluding carboxylic acids is 1. The fourth-order valence-corrected chi connectivity index (χ4v) is 2.48. The summed E-state index contributed by atoms with van der Waals surface area (Å²) in [7, 11) is 0. The van der Waals surface area contributed by atoms with Crippen LogP contribution in [0.3, 0.4) is 0 Å². The number of carbonyl (C=O) groups is 1. The quantitative estimate of drug-likeness (QED) is 0.645. The van der Waals surface area contributed by atoms with E-state index in [0.717, 1.165) is 12.8 Å². The van der Waals surface area contributed by atoms with Gasteiger partial charge in [0.1, 0.15) is 5.60 Å². The maximum atomic E-state index is 11.8. The van der Waals surface area contributed by atoms with Crippen molar-refractivity contribution >= 4 is 5.97 Å². The minimum Gasteiger partial charge on any atom is -0.460 e. The molecule has 80 valence electrons. The fourth-order valence-electron chi connectivity index (χ4n) is 2.48. The summed E-state index contributed by atoms with van der Waals surface area (Å²) in [6, 6.07) is 0.234. The van der Waals surface area contributed by atoms with Crippen molar-refractivity contribution in [1.29, 1.82) is 0 Å². The molecule has 0 aliphatic heterocycles. The maximum Gasteiger partial charge on any atom is 0.309 e. The molecule has 2 aliphatic rings. The Bertz CT molecular complexity index is 257. The number of esters is 1. The van der Waals surface area contributed by atoms with E-state index in [-0.39, 0.29) is 23.5 Å². The maximum absolute atomic E-state index is 11.8. The van der Waals surface area contributed by atoms with Gasteiger partial charge in [-0.05, 0) is 45.4 Å². The molecular formula is C11H19NO2. The van der Waals surface area contributed by atoms with Crippen LogP contribution in [0.15, 0.2) is 0 Å². The van der Waals surface area contributed by atoms with Crippen LogP contribution in [0.25, 0.3) is 0 Å². The average Bonchev–Trinajstić information content (AvgIpc) is 2.69. The van der Waals surface area contributed by atoms with E-state index in [9.17, 15) is 4.79 Å². The second kappa shape index (κ2) is 2.96. The van der Waals surface area contributed by atoms with Crippen LogP contribution in [0, 0.1) is 17.8 Å². The summed E-state index contributed by atoms with van der Waals surface area (Å²) in [5.74, 6) is 1.17. The number of rotatable bonds is 1. The molecule has 0 heterocycles. The third-order valence-electron chi connectivity index (χ3n) is 3.19. The van der Waals surface area contributed by atoms with Crippen LogP contribution in [-0.2, 0) is 9.53 Å². The first-order chi connectivity index (χ1) is 6.38. The van der Waals surface area contributed by atoms with Crippen molar-refractivity contribution in [3.05, 3.63) is 0 Å². The summed E-state index contributed by atoms with van der Waals surface area (Å²) in [5.41, 5.74) is 5.54. The molecule has 0 bridgehead atoms. The van der Waals surface area contributed by atoms with Gasteiger partial charge in [0, 0.05) is 6.04 Å². The Morgan fingerprint density at radius 3 is 2.29 bits per heavy atom. The first-order valence-electron chi connectivity index (χ1n) is 5.37. The van der Waals surface area contributed by atoms with Crippen LogP contribution in [0.5, 0.6) is 0 Å². The summed E-state index contributed by atoms with van der Waals surface area (Å²) in [6.45, 7) is 5.72. The highest BCUT2D eigenvalue weighted by atomic mass is 16.6. The third kappa shape index (κ3) is 1.78. The van der Waals surface area contributed by atoms with Crippen molar-refractivity contribution in [3.63, 3.8) is 0 Å². The standard InChI is InChI=1S/C11H19NO2/c1-11(2,3)14-10(13)8-5-9(12)7-4-6(7)8/h6-9H,4-5,12H2,1-3H3/t6-,7+,8-,9+/m1/s1. The summed E-state index contributed by atoms with van der Waals surface area (Å²) in [4.78, 5) is 11.8. The lowest BCUT2D eigenvalue weighted by molar-refractivity contribution is -0.160. The molecule has 0 aromatic heterocycles. The van der Waals surface area contributed by atoms with Gasteiger partial charge in [-0.1, -0.05) is 0 Å². The zero-order chi connectivity index (χ0) is 10.5. The van der Waals surface area contributed by atoms with Crippen molar-refractivity contribution in [2.45, 2.75) is 45.3 Å². The number of fused-ring (bicyclic) bond motifs is 1. The predicted molar refractivity (Wildman–Crippen MR) is 53.5 cm³/mol. The SMILES string of the molecule is CC(C)(C)OC(=O)[C@@H]1C[C@H](N)[C@H]2C[C@H]21. The first kappa shape index (κ1) is 9.97. The Morgan fingerprint density at radius 2 is 1.93 bits per heavy atom. The Hall–Kier alpha value is -0.570. The number of nitrogens with two attached hydrogens (primary N) is 1. The van der Waals surface area contributed by atoms with Crippen molar-refractivity contribution in [2.75, 3.05) is 0 Å². The molecule has 0 spiro atoms. The van der Waals surface area contributed by atoms with Crippen molar-refractivity contribution < 1.29 is 9.53 Å². The average molecular weight is 197 g/mol. The number of ether oxygens (including phenoxy) is 1. The monoisotopic (exact) mass is 197 g/mol. The molecule has 0 radical (unpaired) electrons. The van der Waals surface area contributed by atoms with Crippen LogP contribution in [0.1, 0.15) is 33.6 Å². The molecule has 2 aliphatic carbocycles. The molecule has 0 saturated heterocycles. The Kier molecular flexibility index (Phi) is 2.11. The predicted octanol–water partition coefficient (Wildman–Crippen LogP) is 1.31. The van der Waals surface area contributed by atoms with Gasteiger partial charge in [-0.25, -0.2) is 0 Å². The van der Waals surface area contributed by atoms with Crippen LogP contribution in [0.2, 0.25) is 0 Å². The lowest BCUT2D eigenvalue weighted by atomic mass is 10.0. The molecule has 2 N–H and O–H groups in total. The highest BCUT2D eigenvalue weighted by molar-refractivity contribution is 5.74. The molecular weight excluding hydrogens is 178 g/mol. The van der Waals surface area contributed by atoms with E-state index in [1.165, 1.54) is 0 Å². The van der Waals surface area contributed by atoms with Gasteiger partial charge >= 0.3 is 5.97 Å². The van der Waals surface area contributed by atoms with E-state index in [1.54, 1.807) is 0 Å². The van der Waals surface area contributed by atoms with Gasteiger partial charge in [-0.2, -0.15) is 0 Å². The number of hydrogen-bond donors (Lipinski definition) is 1. The third-order valence-corrected chi connectivity index (χ3v) is 3.19. The topological polar surface area (TPSA) is 52.3 Å². The molecule has 0 unspecified atom stereocenters. The summed E-state index contributed by atoms with van der Waals surface area (Å²) >= 11 is 0. The second-order valence-corrected chi connectivity index (χ2v) is 5.60. The molecule has 2 saturated carbocycles. The highest BCUT2D eigenvalue weighted by Crippen LogP contribution is 2.55. The Morgan fingerprint density at radius 1 is 1.29 bits per heavy atom. The Balaban J connectivity index is 1.93. The smallest absolute Gasteiger partial charge is 0.309 e. The summed E-state index contributed by atoms with van der Waals surface area (Å²) < 4.78 is 5.37. The molecule has 0 aromatic carbocycles. The minimum atomic E-state index is -0.367. The van der Waals surface area contributed by atoms with Gasteiger partial charge in [0.25, 0.3) is 0 Å². The lowest BCUT2D eigenvalue weighted by Gasteiger charge is -2.22. The zero-order valence-corrected chi connectivity index (χ0v) is 9.12. The van der Waals surface area contributed by atoms with E-state index >= 15 is 0 Å². The van der Waals surface area contributed by atoms with E-state index in [1.807, 2.05) is 20.8 Å². The van der Waals surface area contributed by atoms with Crippen LogP contribution in [0.4, 0.5) is 0 Å². The van der Waals surface area contributed by atoms with E-state index in [2.05, 4.69) is 0 Å². The molecule has 2 rings (SSSR count). The Labute approximate surface area is 85.0 Å². The van der Waals surface area contributed by atoms with E-state index < -0.39 is 0 Å². The largest absolute Gasteiger partial charge is 0.460 e. The normalized spacial score (nSPS) is 40.6. The minimum absolute atomic E-state index is 0.0436. The van der Waals surface area contributed by atoms with Gasteiger partial charge in [0.2, 0.25) is 0 Å². The van der Waals surface area contributed by atoms with Crippen LogP contribution < -0.4 is 5.73 Å². The van der Waals surface area contributed by atoms with Crippen molar-refractivity contribution in [2.24, 2.45) is 23.5 Å². The lowest BCUT2D eigenvalue weighted by Crippen LogP contribution is -2.30. The van der Waals surface area contributed by atoms with Gasteiger partial charge < -0.3 is 10.5 Å². The molecule has 0 aromatic rings. The fraction of sp³-hybridized carbons (Fsp3) is 0.909. The van der Waals surface area contributed by atoms with Gasteiger partial charge in [-0.3, -0.25) is 4.79 Å². The summed E-state index contributed by atoms with van der Waals surface area (Å²) in [6.07, 6.45) is 1.95. The van der Waals surface area contributed by atoms with Crippen LogP contribution >= 0.6 is 0 Å². The summed E-state index contributed by atoms with van der Waals surface area (Å²) in [5, 5.41) is 0.